The third-order valence-electron chi connectivity index (χ3n) is 2.96. The standard InChI is InChI=1S/C15H14BrClN2O2/c1-8-5-11(16)13(7-12(8)17)19-15(20)10-6-9(18)3-4-14(10)21-2/h3-7H,18H2,1-2H3,(H,19,20). The minimum atomic E-state index is -0.320. The molecule has 6 heteroatoms. The van der Waals surface area contributed by atoms with Gasteiger partial charge >= 0.3 is 0 Å². The van der Waals surface area contributed by atoms with Crippen LogP contribution in [0.5, 0.6) is 5.75 Å². The molecule has 2 aromatic carbocycles. The molecule has 0 unspecified atom stereocenters. The Labute approximate surface area is 136 Å². The van der Waals surface area contributed by atoms with Crippen LogP contribution in [0.4, 0.5) is 11.4 Å². The summed E-state index contributed by atoms with van der Waals surface area (Å²) >= 11 is 9.49. The van der Waals surface area contributed by atoms with Crippen molar-refractivity contribution in [2.24, 2.45) is 0 Å². The minimum Gasteiger partial charge on any atom is -0.496 e. The molecule has 2 rings (SSSR count). The first kappa shape index (κ1) is 15.7. The second-order valence-electron chi connectivity index (χ2n) is 4.50. The summed E-state index contributed by atoms with van der Waals surface area (Å²) in [4.78, 5) is 12.4. The Kier molecular flexibility index (Phi) is 4.75. The number of methoxy groups -OCH3 is 1. The summed E-state index contributed by atoms with van der Waals surface area (Å²) in [5.41, 5.74) is 8.07. The van der Waals surface area contributed by atoms with Crippen LogP contribution < -0.4 is 15.8 Å². The zero-order valence-corrected chi connectivity index (χ0v) is 13.9. The van der Waals surface area contributed by atoms with Gasteiger partial charge in [-0.15, -0.1) is 0 Å². The molecule has 21 heavy (non-hydrogen) atoms. The van der Waals surface area contributed by atoms with Crippen molar-refractivity contribution >= 4 is 44.8 Å². The van der Waals surface area contributed by atoms with Gasteiger partial charge in [0.2, 0.25) is 0 Å². The van der Waals surface area contributed by atoms with Crippen molar-refractivity contribution < 1.29 is 9.53 Å². The van der Waals surface area contributed by atoms with Gasteiger partial charge in [-0.2, -0.15) is 0 Å². The monoisotopic (exact) mass is 368 g/mol. The number of nitrogens with one attached hydrogen (secondary N) is 1. The number of ether oxygens (including phenoxy) is 1. The normalized spacial score (nSPS) is 10.3. The number of nitrogens with two attached hydrogens (primary N) is 1. The molecule has 0 heterocycles. The summed E-state index contributed by atoms with van der Waals surface area (Å²) in [7, 11) is 1.50. The van der Waals surface area contributed by atoms with Crippen LogP contribution in [-0.4, -0.2) is 13.0 Å². The third kappa shape index (κ3) is 3.49. The minimum absolute atomic E-state index is 0.320. The van der Waals surface area contributed by atoms with E-state index in [9.17, 15) is 4.79 Å². The first-order valence-corrected chi connectivity index (χ1v) is 7.30. The maximum absolute atomic E-state index is 12.4. The lowest BCUT2D eigenvalue weighted by Gasteiger charge is -2.12. The maximum Gasteiger partial charge on any atom is 0.259 e. The van der Waals surface area contributed by atoms with Gasteiger partial charge in [-0.05, 0) is 58.7 Å². The van der Waals surface area contributed by atoms with Gasteiger partial charge in [-0.25, -0.2) is 0 Å². The maximum atomic E-state index is 12.4. The van der Waals surface area contributed by atoms with Gasteiger partial charge in [0.1, 0.15) is 5.75 Å². The van der Waals surface area contributed by atoms with Crippen LogP contribution >= 0.6 is 27.5 Å². The van der Waals surface area contributed by atoms with Gasteiger partial charge in [0.15, 0.2) is 0 Å². The Morgan fingerprint density at radius 1 is 1.33 bits per heavy atom. The number of hydrogen-bond acceptors (Lipinski definition) is 3. The predicted molar refractivity (Wildman–Crippen MR) is 89.2 cm³/mol. The van der Waals surface area contributed by atoms with E-state index in [0.717, 1.165) is 10.0 Å². The average molecular weight is 370 g/mol. The highest BCUT2D eigenvalue weighted by Gasteiger charge is 2.15. The van der Waals surface area contributed by atoms with Gasteiger partial charge in [0.25, 0.3) is 5.91 Å². The van der Waals surface area contributed by atoms with Crippen LogP contribution in [0.1, 0.15) is 15.9 Å². The number of anilines is 2. The van der Waals surface area contributed by atoms with E-state index in [-0.39, 0.29) is 5.91 Å². The molecule has 0 spiro atoms. The molecule has 110 valence electrons. The molecule has 0 aliphatic carbocycles. The summed E-state index contributed by atoms with van der Waals surface area (Å²) in [5.74, 6) is 0.135. The molecule has 0 atom stereocenters. The molecule has 0 bridgehead atoms. The number of rotatable bonds is 3. The quantitative estimate of drug-likeness (QED) is 0.795. The fourth-order valence-corrected chi connectivity index (χ4v) is 2.56. The highest BCUT2D eigenvalue weighted by atomic mass is 79.9. The Hall–Kier alpha value is -1.72. The van der Waals surface area contributed by atoms with Crippen LogP contribution in [0.2, 0.25) is 5.02 Å². The van der Waals surface area contributed by atoms with Gasteiger partial charge in [0.05, 0.1) is 18.4 Å². The Morgan fingerprint density at radius 2 is 2.05 bits per heavy atom. The predicted octanol–water partition coefficient (Wildman–Crippen LogP) is 4.25. The first-order valence-electron chi connectivity index (χ1n) is 6.13. The number of aryl methyl sites for hydroxylation is 1. The van der Waals surface area contributed by atoms with Crippen molar-refractivity contribution in [3.8, 4) is 5.75 Å². The highest BCUT2D eigenvalue weighted by molar-refractivity contribution is 9.10. The number of nitrogen functional groups attached to an aromatic ring is 1. The number of halogens is 2. The van der Waals surface area contributed by atoms with Crippen LogP contribution in [0, 0.1) is 6.92 Å². The van der Waals surface area contributed by atoms with E-state index in [0.29, 0.717) is 27.7 Å². The number of hydrogen-bond donors (Lipinski definition) is 2. The van der Waals surface area contributed by atoms with E-state index in [2.05, 4.69) is 21.2 Å². The van der Waals surface area contributed by atoms with E-state index in [4.69, 9.17) is 22.1 Å². The number of carbonyl (C=O) groups is 1. The van der Waals surface area contributed by atoms with Gasteiger partial charge < -0.3 is 15.8 Å². The lowest BCUT2D eigenvalue weighted by molar-refractivity contribution is 0.102. The van der Waals surface area contributed by atoms with Gasteiger partial charge in [-0.1, -0.05) is 11.6 Å². The average Bonchev–Trinajstić information content (AvgIpc) is 2.44. The van der Waals surface area contributed by atoms with E-state index < -0.39 is 0 Å². The van der Waals surface area contributed by atoms with E-state index >= 15 is 0 Å². The zero-order valence-electron chi connectivity index (χ0n) is 11.5. The fraction of sp³-hybridized carbons (Fsp3) is 0.133. The summed E-state index contributed by atoms with van der Waals surface area (Å²) in [6, 6.07) is 8.43. The van der Waals surface area contributed by atoms with Crippen LogP contribution in [-0.2, 0) is 0 Å². The van der Waals surface area contributed by atoms with E-state index in [1.54, 1.807) is 24.3 Å². The second kappa shape index (κ2) is 6.37. The number of amides is 1. The molecule has 4 nitrogen and oxygen atoms in total. The lowest BCUT2D eigenvalue weighted by atomic mass is 10.1. The molecule has 2 aromatic rings. The zero-order chi connectivity index (χ0) is 15.6. The van der Waals surface area contributed by atoms with Crippen molar-refractivity contribution in [2.75, 3.05) is 18.2 Å². The van der Waals surface area contributed by atoms with Crippen molar-refractivity contribution in [1.29, 1.82) is 0 Å². The molecule has 0 fully saturated rings. The van der Waals surface area contributed by atoms with E-state index in [1.165, 1.54) is 7.11 Å². The van der Waals surface area contributed by atoms with Crippen molar-refractivity contribution in [1.82, 2.24) is 0 Å². The van der Waals surface area contributed by atoms with Gasteiger partial charge in [0, 0.05) is 15.2 Å². The molecule has 0 saturated heterocycles. The lowest BCUT2D eigenvalue weighted by Crippen LogP contribution is -2.14. The molecule has 0 saturated carbocycles. The summed E-state index contributed by atoms with van der Waals surface area (Å²) in [6.07, 6.45) is 0. The molecule has 0 radical (unpaired) electrons. The Balaban J connectivity index is 2.34. The molecule has 0 aliphatic heterocycles. The third-order valence-corrected chi connectivity index (χ3v) is 4.03. The fourth-order valence-electron chi connectivity index (χ4n) is 1.83. The van der Waals surface area contributed by atoms with E-state index in [1.807, 2.05) is 13.0 Å². The molecule has 3 N–H and O–H groups in total. The van der Waals surface area contributed by atoms with Crippen LogP contribution in [0.3, 0.4) is 0 Å². The number of carbonyl (C=O) groups excluding carboxylic acids is 1. The SMILES string of the molecule is COc1ccc(N)cc1C(=O)Nc1cc(Cl)c(C)cc1Br. The second-order valence-corrected chi connectivity index (χ2v) is 5.76. The highest BCUT2D eigenvalue weighted by Crippen LogP contribution is 2.30. The Bertz CT molecular complexity index is 704. The first-order chi connectivity index (χ1) is 9.92. The van der Waals surface area contributed by atoms with Gasteiger partial charge in [-0.3, -0.25) is 4.79 Å². The van der Waals surface area contributed by atoms with Crippen molar-refractivity contribution in [3.63, 3.8) is 0 Å². The molecular weight excluding hydrogens is 356 g/mol. The molecule has 0 aliphatic rings. The molecular formula is C15H14BrClN2O2. The van der Waals surface area contributed by atoms with Crippen LogP contribution in [0.15, 0.2) is 34.8 Å². The van der Waals surface area contributed by atoms with Crippen molar-refractivity contribution in [2.45, 2.75) is 6.92 Å². The summed E-state index contributed by atoms with van der Waals surface area (Å²) in [5, 5.41) is 3.37. The largest absolute Gasteiger partial charge is 0.496 e. The summed E-state index contributed by atoms with van der Waals surface area (Å²) in [6.45, 7) is 1.89. The molecule has 0 aromatic heterocycles. The molecule has 1 amide bonds. The number of benzene rings is 2. The van der Waals surface area contributed by atoms with Crippen molar-refractivity contribution in [3.05, 3.63) is 51.0 Å². The summed E-state index contributed by atoms with van der Waals surface area (Å²) < 4.78 is 5.93. The Morgan fingerprint density at radius 3 is 2.71 bits per heavy atom. The van der Waals surface area contributed by atoms with Crippen LogP contribution in [0.25, 0.3) is 0 Å². The smallest absolute Gasteiger partial charge is 0.259 e. The topological polar surface area (TPSA) is 64.3 Å².